The fourth-order valence-corrected chi connectivity index (χ4v) is 3.00. The highest BCUT2D eigenvalue weighted by molar-refractivity contribution is 8.00. The smallest absolute Gasteiger partial charge is 0.146 e. The van der Waals surface area contributed by atoms with Crippen molar-refractivity contribution in [2.75, 3.05) is 5.75 Å². The van der Waals surface area contributed by atoms with Gasteiger partial charge in [-0.2, -0.15) is 11.8 Å². The largest absolute Gasteiger partial charge is 0.298 e. The summed E-state index contributed by atoms with van der Waals surface area (Å²) in [5.41, 5.74) is 0. The predicted octanol–water partition coefficient (Wildman–Crippen LogP) is 2.64. The van der Waals surface area contributed by atoms with Crippen LogP contribution >= 0.6 is 11.8 Å². The maximum absolute atomic E-state index is 11.6. The Balaban J connectivity index is 1.76. The number of carbonyl (C=O) groups is 1. The van der Waals surface area contributed by atoms with E-state index in [0.717, 1.165) is 18.8 Å². The quantitative estimate of drug-likeness (QED) is 0.670. The van der Waals surface area contributed by atoms with Crippen molar-refractivity contribution in [1.82, 2.24) is 0 Å². The molecule has 1 nitrogen and oxygen atoms in total. The molecule has 1 aliphatic carbocycles. The maximum Gasteiger partial charge on any atom is 0.146 e. The van der Waals surface area contributed by atoms with Crippen molar-refractivity contribution in [3.63, 3.8) is 0 Å². The second kappa shape index (κ2) is 3.82. The predicted molar refractivity (Wildman–Crippen MR) is 52.4 cm³/mol. The van der Waals surface area contributed by atoms with Crippen LogP contribution < -0.4 is 0 Å². The Hall–Kier alpha value is 0.0200. The van der Waals surface area contributed by atoms with Gasteiger partial charge in [-0.15, -0.1) is 0 Å². The Morgan fingerprint density at radius 3 is 2.67 bits per heavy atom. The fraction of sp³-hybridized carbons (Fsp3) is 0.900. The molecule has 2 heteroatoms. The first-order chi connectivity index (χ1) is 5.86. The topological polar surface area (TPSA) is 17.1 Å². The second-order valence-corrected chi connectivity index (χ2v) is 5.28. The molecule has 1 heterocycles. The third kappa shape index (κ3) is 2.25. The van der Waals surface area contributed by atoms with Gasteiger partial charge in [0.25, 0.3) is 0 Å². The van der Waals surface area contributed by atoms with Crippen LogP contribution in [-0.2, 0) is 4.79 Å². The first kappa shape index (κ1) is 8.61. The molecule has 2 aliphatic rings. The molecule has 0 spiro atoms. The highest BCUT2D eigenvalue weighted by atomic mass is 32.2. The van der Waals surface area contributed by atoms with E-state index in [9.17, 15) is 4.79 Å². The summed E-state index contributed by atoms with van der Waals surface area (Å²) in [7, 11) is 0. The standard InChI is InChI=1S/C10H16OS/c11-9(7-8-4-5-8)10-3-1-2-6-12-10/h8,10H,1-7H2. The van der Waals surface area contributed by atoms with E-state index in [1.54, 1.807) is 0 Å². The zero-order chi connectivity index (χ0) is 8.39. The molecule has 2 rings (SSSR count). The van der Waals surface area contributed by atoms with Crippen LogP contribution in [0.15, 0.2) is 0 Å². The van der Waals surface area contributed by atoms with Crippen molar-refractivity contribution in [3.05, 3.63) is 0 Å². The molecule has 0 aromatic heterocycles. The average Bonchev–Trinajstić information content (AvgIpc) is 2.90. The van der Waals surface area contributed by atoms with Crippen LogP contribution in [0.4, 0.5) is 0 Å². The molecule has 0 amide bonds. The third-order valence-corrected chi connectivity index (χ3v) is 4.15. The summed E-state index contributed by atoms with van der Waals surface area (Å²) in [6.07, 6.45) is 7.24. The van der Waals surface area contributed by atoms with Crippen molar-refractivity contribution in [2.24, 2.45) is 5.92 Å². The van der Waals surface area contributed by atoms with Crippen molar-refractivity contribution in [2.45, 2.75) is 43.8 Å². The maximum atomic E-state index is 11.6. The number of carbonyl (C=O) groups excluding carboxylic acids is 1. The number of hydrogen-bond acceptors (Lipinski definition) is 2. The number of rotatable bonds is 3. The number of thioether (sulfide) groups is 1. The number of hydrogen-bond donors (Lipinski definition) is 0. The number of Topliss-reactive ketones (excluding diaryl/α,β-unsaturated/α-hetero) is 1. The minimum Gasteiger partial charge on any atom is -0.298 e. The van der Waals surface area contributed by atoms with Gasteiger partial charge in [-0.05, 0) is 37.4 Å². The molecule has 1 saturated heterocycles. The molecule has 0 bridgehead atoms. The summed E-state index contributed by atoms with van der Waals surface area (Å²) >= 11 is 1.89. The van der Waals surface area contributed by atoms with E-state index in [0.29, 0.717) is 11.0 Å². The molecular weight excluding hydrogens is 168 g/mol. The highest BCUT2D eigenvalue weighted by Gasteiger charge is 2.29. The van der Waals surface area contributed by atoms with Crippen LogP contribution in [0, 0.1) is 5.92 Å². The summed E-state index contributed by atoms with van der Waals surface area (Å²) in [4.78, 5) is 11.6. The molecular formula is C10H16OS. The molecule has 0 aromatic rings. The third-order valence-electron chi connectivity index (χ3n) is 2.73. The van der Waals surface area contributed by atoms with Gasteiger partial charge < -0.3 is 0 Å². The van der Waals surface area contributed by atoms with Gasteiger partial charge in [0.15, 0.2) is 0 Å². The normalized spacial score (nSPS) is 30.2. The van der Waals surface area contributed by atoms with Crippen LogP contribution in [0.3, 0.4) is 0 Å². The molecule has 1 unspecified atom stereocenters. The van der Waals surface area contributed by atoms with Gasteiger partial charge in [0.1, 0.15) is 5.78 Å². The Morgan fingerprint density at radius 1 is 1.25 bits per heavy atom. The van der Waals surface area contributed by atoms with E-state index < -0.39 is 0 Å². The van der Waals surface area contributed by atoms with Gasteiger partial charge in [0, 0.05) is 6.42 Å². The lowest BCUT2D eigenvalue weighted by Crippen LogP contribution is -2.21. The van der Waals surface area contributed by atoms with Gasteiger partial charge >= 0.3 is 0 Å². The monoisotopic (exact) mass is 184 g/mol. The molecule has 12 heavy (non-hydrogen) atoms. The van der Waals surface area contributed by atoms with Gasteiger partial charge in [-0.1, -0.05) is 6.42 Å². The summed E-state index contributed by atoms with van der Waals surface area (Å²) in [6, 6.07) is 0. The molecule has 1 aliphatic heterocycles. The lowest BCUT2D eigenvalue weighted by Gasteiger charge is -2.19. The summed E-state index contributed by atoms with van der Waals surface area (Å²) in [6.45, 7) is 0. The summed E-state index contributed by atoms with van der Waals surface area (Å²) < 4.78 is 0. The average molecular weight is 184 g/mol. The molecule has 1 atom stereocenters. The molecule has 0 aromatic carbocycles. The van der Waals surface area contributed by atoms with Crippen molar-refractivity contribution in [1.29, 1.82) is 0 Å². The van der Waals surface area contributed by atoms with Crippen molar-refractivity contribution in [3.8, 4) is 0 Å². The first-order valence-electron chi connectivity index (χ1n) is 5.00. The first-order valence-corrected chi connectivity index (χ1v) is 6.05. The summed E-state index contributed by atoms with van der Waals surface area (Å²) in [5, 5.41) is 0.374. The molecule has 0 N–H and O–H groups in total. The Kier molecular flexibility index (Phi) is 2.74. The SMILES string of the molecule is O=C(CC1CC1)C1CCCCS1. The van der Waals surface area contributed by atoms with E-state index >= 15 is 0 Å². The van der Waals surface area contributed by atoms with Crippen LogP contribution in [0.2, 0.25) is 0 Å². The molecule has 68 valence electrons. The van der Waals surface area contributed by atoms with Gasteiger partial charge in [-0.25, -0.2) is 0 Å². The lowest BCUT2D eigenvalue weighted by atomic mass is 10.1. The van der Waals surface area contributed by atoms with Crippen LogP contribution in [-0.4, -0.2) is 16.8 Å². The lowest BCUT2D eigenvalue weighted by molar-refractivity contribution is -0.119. The van der Waals surface area contributed by atoms with E-state index in [2.05, 4.69) is 0 Å². The molecule has 1 saturated carbocycles. The Labute approximate surface area is 78.3 Å². The van der Waals surface area contributed by atoms with E-state index in [1.807, 2.05) is 11.8 Å². The van der Waals surface area contributed by atoms with Crippen LogP contribution in [0.25, 0.3) is 0 Å². The van der Waals surface area contributed by atoms with Gasteiger partial charge in [0.05, 0.1) is 5.25 Å². The fourth-order valence-electron chi connectivity index (χ4n) is 1.73. The summed E-state index contributed by atoms with van der Waals surface area (Å²) in [5.74, 6) is 2.53. The van der Waals surface area contributed by atoms with Gasteiger partial charge in [0.2, 0.25) is 0 Å². The second-order valence-electron chi connectivity index (χ2n) is 3.97. The van der Waals surface area contributed by atoms with Crippen LogP contribution in [0.1, 0.15) is 38.5 Å². The Morgan fingerprint density at radius 2 is 2.08 bits per heavy atom. The van der Waals surface area contributed by atoms with E-state index in [4.69, 9.17) is 0 Å². The van der Waals surface area contributed by atoms with Gasteiger partial charge in [-0.3, -0.25) is 4.79 Å². The van der Waals surface area contributed by atoms with Crippen LogP contribution in [0.5, 0.6) is 0 Å². The van der Waals surface area contributed by atoms with Crippen molar-refractivity contribution < 1.29 is 4.79 Å². The zero-order valence-electron chi connectivity index (χ0n) is 7.42. The van der Waals surface area contributed by atoms with Crippen molar-refractivity contribution >= 4 is 17.5 Å². The van der Waals surface area contributed by atoms with E-state index in [1.165, 1.54) is 31.4 Å². The number of ketones is 1. The minimum absolute atomic E-state index is 0.374. The molecule has 0 radical (unpaired) electrons. The Bertz CT molecular complexity index is 169. The minimum atomic E-state index is 0.374. The van der Waals surface area contributed by atoms with E-state index in [-0.39, 0.29) is 0 Å². The highest BCUT2D eigenvalue weighted by Crippen LogP contribution is 2.35. The molecule has 2 fully saturated rings. The zero-order valence-corrected chi connectivity index (χ0v) is 8.24.